The van der Waals surface area contributed by atoms with Gasteiger partial charge in [-0.2, -0.15) is 5.26 Å². The first-order valence-corrected chi connectivity index (χ1v) is 5.02. The predicted octanol–water partition coefficient (Wildman–Crippen LogP) is 2.14. The molecule has 0 N–H and O–H groups in total. The summed E-state index contributed by atoms with van der Waals surface area (Å²) in [4.78, 5) is 14.4. The molecule has 0 spiro atoms. The molecule has 4 nitrogen and oxygen atoms in total. The topological polar surface area (TPSA) is 63.0 Å². The molecule has 1 aromatic heterocycles. The van der Waals surface area contributed by atoms with Gasteiger partial charge in [0, 0.05) is 5.56 Å². The fourth-order valence-electron chi connectivity index (χ4n) is 1.36. The average Bonchev–Trinajstić information content (AvgIpc) is 2.31. The van der Waals surface area contributed by atoms with Gasteiger partial charge in [-0.05, 0) is 6.92 Å². The summed E-state index contributed by atoms with van der Waals surface area (Å²) in [6.45, 7) is 1.63. The molecule has 18 heavy (non-hydrogen) atoms. The zero-order chi connectivity index (χ0) is 13.7. The van der Waals surface area contributed by atoms with Crippen LogP contribution in [0.4, 0.5) is 13.2 Å². The van der Waals surface area contributed by atoms with Crippen LogP contribution in [0, 0.1) is 17.1 Å². The number of hydrogen-bond acceptors (Lipinski definition) is 4. The number of aromatic nitrogens is 1. The molecule has 7 heteroatoms. The number of ether oxygens (including phenoxy) is 1. The number of carbonyl (C=O) groups excluding carboxylic acids is 1. The van der Waals surface area contributed by atoms with Gasteiger partial charge in [0.1, 0.15) is 17.6 Å². The Hall–Kier alpha value is -2.10. The summed E-state index contributed by atoms with van der Waals surface area (Å²) in [5, 5.41) is 8.77. The van der Waals surface area contributed by atoms with Crippen molar-refractivity contribution in [2.24, 2.45) is 0 Å². The highest BCUT2D eigenvalue weighted by molar-refractivity contribution is 5.73. The van der Waals surface area contributed by atoms with Crippen LogP contribution in [-0.2, 0) is 16.0 Å². The van der Waals surface area contributed by atoms with Gasteiger partial charge in [-0.1, -0.05) is 0 Å². The maximum Gasteiger partial charge on any atom is 0.310 e. The number of nitriles is 1. The first-order valence-electron chi connectivity index (χ1n) is 5.02. The fourth-order valence-corrected chi connectivity index (χ4v) is 1.36. The third kappa shape index (κ3) is 2.97. The van der Waals surface area contributed by atoms with Gasteiger partial charge < -0.3 is 4.74 Å². The quantitative estimate of drug-likeness (QED) is 0.776. The highest BCUT2D eigenvalue weighted by Gasteiger charge is 2.22. The van der Waals surface area contributed by atoms with Gasteiger partial charge in [0.15, 0.2) is 0 Å². The first kappa shape index (κ1) is 14.0. The Kier molecular flexibility index (Phi) is 4.66. The van der Waals surface area contributed by atoms with Gasteiger partial charge in [0.05, 0.1) is 24.8 Å². The second-order valence-electron chi connectivity index (χ2n) is 3.24. The van der Waals surface area contributed by atoms with Gasteiger partial charge in [0.25, 0.3) is 6.43 Å². The molecule has 0 atom stereocenters. The number of alkyl halides is 2. The molecule has 0 fully saturated rings. The zero-order valence-corrected chi connectivity index (χ0v) is 9.41. The molecule has 96 valence electrons. The highest BCUT2D eigenvalue weighted by atomic mass is 19.3. The highest BCUT2D eigenvalue weighted by Crippen LogP contribution is 2.24. The maximum absolute atomic E-state index is 13.4. The van der Waals surface area contributed by atoms with Crippen LogP contribution in [0.2, 0.25) is 0 Å². The van der Waals surface area contributed by atoms with Gasteiger partial charge >= 0.3 is 5.97 Å². The zero-order valence-electron chi connectivity index (χ0n) is 9.41. The van der Waals surface area contributed by atoms with Crippen LogP contribution >= 0.6 is 0 Å². The predicted molar refractivity (Wildman–Crippen MR) is 54.2 cm³/mol. The third-order valence-electron chi connectivity index (χ3n) is 2.11. The summed E-state index contributed by atoms with van der Waals surface area (Å²) in [5.41, 5.74) is -1.86. The molecule has 0 saturated heterocycles. The van der Waals surface area contributed by atoms with Crippen molar-refractivity contribution in [1.82, 2.24) is 4.98 Å². The van der Waals surface area contributed by atoms with Crippen molar-refractivity contribution in [1.29, 1.82) is 5.26 Å². The summed E-state index contributed by atoms with van der Waals surface area (Å²) >= 11 is 0. The van der Waals surface area contributed by atoms with Crippen LogP contribution in [-0.4, -0.2) is 17.6 Å². The number of hydrogen-bond donors (Lipinski definition) is 0. The van der Waals surface area contributed by atoms with Gasteiger partial charge in [-0.3, -0.25) is 9.78 Å². The molecule has 1 heterocycles. The summed E-state index contributed by atoms with van der Waals surface area (Å²) in [6, 6.07) is 1.44. The van der Waals surface area contributed by atoms with E-state index in [2.05, 4.69) is 9.72 Å². The van der Waals surface area contributed by atoms with Gasteiger partial charge in [0.2, 0.25) is 0 Å². The largest absolute Gasteiger partial charge is 0.466 e. The van der Waals surface area contributed by atoms with E-state index in [4.69, 9.17) is 5.26 Å². The number of esters is 1. The minimum absolute atomic E-state index is 0.0785. The van der Waals surface area contributed by atoms with Crippen molar-refractivity contribution in [2.45, 2.75) is 19.8 Å². The van der Waals surface area contributed by atoms with E-state index in [1.54, 1.807) is 6.92 Å². The smallest absolute Gasteiger partial charge is 0.310 e. The van der Waals surface area contributed by atoms with E-state index in [0.717, 1.165) is 0 Å². The van der Waals surface area contributed by atoms with E-state index >= 15 is 0 Å². The number of rotatable bonds is 4. The first-order chi connectivity index (χ1) is 8.51. The molecule has 0 bridgehead atoms. The average molecular weight is 258 g/mol. The Bertz CT molecular complexity index is 498. The maximum atomic E-state index is 13.4. The molecule has 1 aromatic rings. The van der Waals surface area contributed by atoms with E-state index in [-0.39, 0.29) is 6.61 Å². The van der Waals surface area contributed by atoms with Crippen LogP contribution in [0.5, 0.6) is 0 Å². The minimum atomic E-state index is -3.01. The lowest BCUT2D eigenvalue weighted by Crippen LogP contribution is -2.12. The van der Waals surface area contributed by atoms with E-state index in [0.29, 0.717) is 6.20 Å². The Balaban J connectivity index is 3.21. The van der Waals surface area contributed by atoms with Crippen LogP contribution in [0.15, 0.2) is 6.20 Å². The Labute approximate surface area is 101 Å². The Morgan fingerprint density at radius 3 is 2.78 bits per heavy atom. The molecule has 0 aliphatic carbocycles. The minimum Gasteiger partial charge on any atom is -0.466 e. The van der Waals surface area contributed by atoms with E-state index in [1.165, 1.54) is 6.07 Å². The van der Waals surface area contributed by atoms with E-state index in [1.807, 2.05) is 0 Å². The molecule has 0 saturated carbocycles. The second kappa shape index (κ2) is 6.00. The van der Waals surface area contributed by atoms with Crippen molar-refractivity contribution in [3.05, 3.63) is 28.8 Å². The molecule has 0 amide bonds. The lowest BCUT2D eigenvalue weighted by molar-refractivity contribution is -0.142. The molecule has 0 radical (unpaired) electrons. The number of halogens is 3. The summed E-state index contributed by atoms with van der Waals surface area (Å²) < 4.78 is 43.1. The lowest BCUT2D eigenvalue weighted by Gasteiger charge is -2.08. The van der Waals surface area contributed by atoms with Crippen LogP contribution in [0.1, 0.15) is 30.2 Å². The van der Waals surface area contributed by atoms with Crippen molar-refractivity contribution < 1.29 is 22.7 Å². The molecular weight excluding hydrogens is 249 g/mol. The fraction of sp³-hybridized carbons (Fsp3) is 0.364. The molecule has 0 unspecified atom stereocenters. The van der Waals surface area contributed by atoms with Crippen LogP contribution in [0.25, 0.3) is 0 Å². The van der Waals surface area contributed by atoms with Crippen molar-refractivity contribution in [3.63, 3.8) is 0 Å². The number of nitrogens with zero attached hydrogens (tertiary/aromatic N) is 2. The van der Waals surface area contributed by atoms with Crippen molar-refractivity contribution in [2.75, 3.05) is 6.61 Å². The molecule has 0 aromatic carbocycles. The van der Waals surface area contributed by atoms with Crippen LogP contribution < -0.4 is 0 Å². The number of carbonyl (C=O) groups is 1. The van der Waals surface area contributed by atoms with Crippen molar-refractivity contribution >= 4 is 5.97 Å². The molecule has 1 rings (SSSR count). The van der Waals surface area contributed by atoms with E-state index < -0.39 is 41.5 Å². The third-order valence-corrected chi connectivity index (χ3v) is 2.11. The molecule has 0 aliphatic heterocycles. The van der Waals surface area contributed by atoms with Gasteiger partial charge in [-0.25, -0.2) is 13.2 Å². The lowest BCUT2D eigenvalue weighted by atomic mass is 10.0. The van der Waals surface area contributed by atoms with E-state index in [9.17, 15) is 18.0 Å². The second-order valence-corrected chi connectivity index (χ2v) is 3.24. The SMILES string of the molecule is CCOC(=O)Cc1c(F)cnc(C(F)F)c1C#N. The Morgan fingerprint density at radius 1 is 1.61 bits per heavy atom. The van der Waals surface area contributed by atoms with Crippen LogP contribution in [0.3, 0.4) is 0 Å². The number of pyridine rings is 1. The monoisotopic (exact) mass is 258 g/mol. The molecular formula is C11H9F3N2O2. The summed E-state index contributed by atoms with van der Waals surface area (Å²) in [6.07, 6.45) is -3.02. The molecule has 0 aliphatic rings. The summed E-state index contributed by atoms with van der Waals surface area (Å²) in [7, 11) is 0. The van der Waals surface area contributed by atoms with Gasteiger partial charge in [-0.15, -0.1) is 0 Å². The summed E-state index contributed by atoms with van der Waals surface area (Å²) in [5.74, 6) is -1.77. The normalized spacial score (nSPS) is 10.2. The van der Waals surface area contributed by atoms with Crippen molar-refractivity contribution in [3.8, 4) is 6.07 Å². The standard InChI is InChI=1S/C11H9F3N2O2/c1-2-18-9(17)3-6-7(4-15)10(11(13)14)16-5-8(6)12/h5,11H,2-3H2,1H3. The Morgan fingerprint density at radius 2 is 2.28 bits per heavy atom.